The van der Waals surface area contributed by atoms with Crippen LogP contribution in [-0.2, 0) is 0 Å². The molecule has 0 saturated heterocycles. The van der Waals surface area contributed by atoms with Crippen molar-refractivity contribution in [1.29, 1.82) is 0 Å². The van der Waals surface area contributed by atoms with Gasteiger partial charge in [0.25, 0.3) is 0 Å². The Bertz CT molecular complexity index is 289. The van der Waals surface area contributed by atoms with Gasteiger partial charge >= 0.3 is 0 Å². The Balaban J connectivity index is 2.66. The van der Waals surface area contributed by atoms with Gasteiger partial charge in [-0.15, -0.1) is 11.8 Å². The van der Waals surface area contributed by atoms with E-state index in [1.54, 1.807) is 6.33 Å². The van der Waals surface area contributed by atoms with E-state index in [1.165, 1.54) is 12.8 Å². The standard InChI is InChI=1S/C10H17N3S/c1-4-5-6-14-10-8(2)9(11-3)12-7-13-10/h7H,4-6H2,1-3H3,(H,11,12,13). The second-order valence-electron chi connectivity index (χ2n) is 3.10. The van der Waals surface area contributed by atoms with E-state index < -0.39 is 0 Å². The molecule has 1 heterocycles. The molecule has 0 atom stereocenters. The maximum Gasteiger partial charge on any atom is 0.133 e. The quantitative estimate of drug-likeness (QED) is 0.461. The summed E-state index contributed by atoms with van der Waals surface area (Å²) in [5.74, 6) is 2.07. The van der Waals surface area contributed by atoms with Crippen molar-refractivity contribution in [1.82, 2.24) is 9.97 Å². The predicted molar refractivity (Wildman–Crippen MR) is 61.9 cm³/mol. The Morgan fingerprint density at radius 2 is 2.21 bits per heavy atom. The first-order chi connectivity index (χ1) is 6.79. The van der Waals surface area contributed by atoms with Gasteiger partial charge in [-0.3, -0.25) is 0 Å². The first kappa shape index (κ1) is 11.3. The number of hydrogen-bond donors (Lipinski definition) is 1. The van der Waals surface area contributed by atoms with Crippen LogP contribution in [0.15, 0.2) is 11.4 Å². The van der Waals surface area contributed by atoms with E-state index in [4.69, 9.17) is 0 Å². The van der Waals surface area contributed by atoms with Crippen LogP contribution in [0.1, 0.15) is 25.3 Å². The molecule has 0 aliphatic rings. The average molecular weight is 211 g/mol. The highest BCUT2D eigenvalue weighted by atomic mass is 32.2. The van der Waals surface area contributed by atoms with E-state index in [1.807, 2.05) is 18.8 Å². The number of aromatic nitrogens is 2. The lowest BCUT2D eigenvalue weighted by molar-refractivity contribution is 0.892. The zero-order valence-corrected chi connectivity index (χ0v) is 9.82. The smallest absolute Gasteiger partial charge is 0.133 e. The largest absolute Gasteiger partial charge is 0.373 e. The Morgan fingerprint density at radius 3 is 2.86 bits per heavy atom. The van der Waals surface area contributed by atoms with Crippen LogP contribution in [0.4, 0.5) is 5.82 Å². The molecule has 1 aromatic rings. The number of rotatable bonds is 5. The van der Waals surface area contributed by atoms with E-state index >= 15 is 0 Å². The molecule has 3 nitrogen and oxygen atoms in total. The minimum atomic E-state index is 0.930. The molecular weight excluding hydrogens is 194 g/mol. The van der Waals surface area contributed by atoms with Gasteiger partial charge in [-0.05, 0) is 19.1 Å². The third kappa shape index (κ3) is 2.87. The summed E-state index contributed by atoms with van der Waals surface area (Å²) in [6.07, 6.45) is 4.09. The van der Waals surface area contributed by atoms with Crippen LogP contribution in [-0.4, -0.2) is 22.8 Å². The SMILES string of the molecule is CCCCSc1ncnc(NC)c1C. The lowest BCUT2D eigenvalue weighted by Crippen LogP contribution is -1.98. The van der Waals surface area contributed by atoms with Crippen LogP contribution in [0.2, 0.25) is 0 Å². The minimum absolute atomic E-state index is 0.930. The Labute approximate surface area is 89.7 Å². The zero-order chi connectivity index (χ0) is 10.4. The third-order valence-corrected chi connectivity index (χ3v) is 3.19. The number of nitrogens with one attached hydrogen (secondary N) is 1. The van der Waals surface area contributed by atoms with Crippen molar-refractivity contribution < 1.29 is 0 Å². The molecule has 0 saturated carbocycles. The van der Waals surface area contributed by atoms with Gasteiger partial charge in [-0.2, -0.15) is 0 Å². The summed E-state index contributed by atoms with van der Waals surface area (Å²) in [6, 6.07) is 0. The summed E-state index contributed by atoms with van der Waals surface area (Å²) >= 11 is 1.81. The second kappa shape index (κ2) is 5.86. The molecule has 1 aromatic heterocycles. The average Bonchev–Trinajstić information content (AvgIpc) is 2.21. The van der Waals surface area contributed by atoms with Crippen LogP contribution >= 0.6 is 11.8 Å². The molecule has 0 unspecified atom stereocenters. The molecule has 1 N–H and O–H groups in total. The van der Waals surface area contributed by atoms with Gasteiger partial charge in [-0.25, -0.2) is 9.97 Å². The Hall–Kier alpha value is -0.770. The monoisotopic (exact) mass is 211 g/mol. The highest BCUT2D eigenvalue weighted by molar-refractivity contribution is 7.99. The molecule has 0 bridgehead atoms. The van der Waals surface area contributed by atoms with Gasteiger partial charge in [0.1, 0.15) is 17.2 Å². The predicted octanol–water partition coefficient (Wildman–Crippen LogP) is 2.72. The molecule has 78 valence electrons. The van der Waals surface area contributed by atoms with Crippen LogP contribution in [0.25, 0.3) is 0 Å². The van der Waals surface area contributed by atoms with E-state index in [0.717, 1.165) is 22.2 Å². The van der Waals surface area contributed by atoms with E-state index in [2.05, 4.69) is 29.1 Å². The van der Waals surface area contributed by atoms with Crippen LogP contribution in [0, 0.1) is 6.92 Å². The van der Waals surface area contributed by atoms with Crippen molar-refractivity contribution in [2.24, 2.45) is 0 Å². The molecule has 0 amide bonds. The van der Waals surface area contributed by atoms with E-state index in [-0.39, 0.29) is 0 Å². The van der Waals surface area contributed by atoms with Crippen molar-refractivity contribution in [3.05, 3.63) is 11.9 Å². The van der Waals surface area contributed by atoms with Crippen LogP contribution in [0.5, 0.6) is 0 Å². The lowest BCUT2D eigenvalue weighted by Gasteiger charge is -2.07. The molecular formula is C10H17N3S. The number of unbranched alkanes of at least 4 members (excludes halogenated alkanes) is 1. The molecule has 1 rings (SSSR count). The maximum absolute atomic E-state index is 4.27. The van der Waals surface area contributed by atoms with Crippen molar-refractivity contribution in [3.63, 3.8) is 0 Å². The molecule has 0 aliphatic carbocycles. The van der Waals surface area contributed by atoms with Crippen LogP contribution in [0.3, 0.4) is 0 Å². The van der Waals surface area contributed by atoms with Crippen molar-refractivity contribution in [2.75, 3.05) is 18.1 Å². The fourth-order valence-electron chi connectivity index (χ4n) is 1.14. The first-order valence-corrected chi connectivity index (χ1v) is 5.90. The number of anilines is 1. The molecule has 0 fully saturated rings. The Kier molecular flexibility index (Phi) is 4.73. The van der Waals surface area contributed by atoms with E-state index in [0.29, 0.717) is 0 Å². The second-order valence-corrected chi connectivity index (χ2v) is 4.19. The molecule has 14 heavy (non-hydrogen) atoms. The number of nitrogens with zero attached hydrogens (tertiary/aromatic N) is 2. The van der Waals surface area contributed by atoms with Gasteiger partial charge in [0.2, 0.25) is 0 Å². The summed E-state index contributed by atoms with van der Waals surface area (Å²) in [5, 5.41) is 4.16. The van der Waals surface area contributed by atoms with Gasteiger partial charge < -0.3 is 5.32 Å². The van der Waals surface area contributed by atoms with Gasteiger partial charge in [0.05, 0.1) is 0 Å². The van der Waals surface area contributed by atoms with Crippen LogP contribution < -0.4 is 5.32 Å². The summed E-state index contributed by atoms with van der Waals surface area (Å²) in [6.45, 7) is 4.26. The molecule has 0 spiro atoms. The van der Waals surface area contributed by atoms with Crippen molar-refractivity contribution >= 4 is 17.6 Å². The van der Waals surface area contributed by atoms with E-state index in [9.17, 15) is 0 Å². The number of hydrogen-bond acceptors (Lipinski definition) is 4. The summed E-state index contributed by atoms with van der Waals surface area (Å²) in [4.78, 5) is 8.42. The highest BCUT2D eigenvalue weighted by Crippen LogP contribution is 2.24. The first-order valence-electron chi connectivity index (χ1n) is 4.91. The third-order valence-electron chi connectivity index (χ3n) is 2.01. The fraction of sp³-hybridized carbons (Fsp3) is 0.600. The van der Waals surface area contributed by atoms with Gasteiger partial charge in [0, 0.05) is 12.6 Å². The minimum Gasteiger partial charge on any atom is -0.373 e. The lowest BCUT2D eigenvalue weighted by atomic mass is 10.3. The topological polar surface area (TPSA) is 37.8 Å². The summed E-state index contributed by atoms with van der Waals surface area (Å²) < 4.78 is 0. The van der Waals surface area contributed by atoms with Crippen molar-refractivity contribution in [3.8, 4) is 0 Å². The normalized spacial score (nSPS) is 10.2. The van der Waals surface area contributed by atoms with Gasteiger partial charge in [-0.1, -0.05) is 13.3 Å². The van der Waals surface area contributed by atoms with Gasteiger partial charge in [0.15, 0.2) is 0 Å². The fourth-order valence-corrected chi connectivity index (χ4v) is 2.21. The summed E-state index contributed by atoms with van der Waals surface area (Å²) in [5.41, 5.74) is 1.15. The highest BCUT2D eigenvalue weighted by Gasteiger charge is 2.05. The molecule has 0 radical (unpaired) electrons. The summed E-state index contributed by atoms with van der Waals surface area (Å²) in [7, 11) is 1.88. The molecule has 0 aliphatic heterocycles. The number of thioether (sulfide) groups is 1. The molecule has 0 aromatic carbocycles. The maximum atomic E-state index is 4.27. The van der Waals surface area contributed by atoms with Crippen molar-refractivity contribution in [2.45, 2.75) is 31.7 Å². The Morgan fingerprint density at radius 1 is 1.43 bits per heavy atom. The molecule has 4 heteroatoms. The zero-order valence-electron chi connectivity index (χ0n) is 9.00.